The van der Waals surface area contributed by atoms with Crippen LogP contribution in [0.15, 0.2) is 30.6 Å². The fourth-order valence-electron chi connectivity index (χ4n) is 3.53. The van der Waals surface area contributed by atoms with E-state index in [1.165, 1.54) is 47.1 Å². The van der Waals surface area contributed by atoms with Crippen LogP contribution >= 0.6 is 0 Å². The number of nitrogens with one attached hydrogen (secondary N) is 1. The third kappa shape index (κ3) is 4.52. The van der Waals surface area contributed by atoms with Crippen LogP contribution in [0.25, 0.3) is 11.2 Å². The van der Waals surface area contributed by atoms with Crippen molar-refractivity contribution >= 4 is 28.8 Å². The molecule has 0 saturated carbocycles. The molecule has 3 atom stereocenters. The Hall–Kier alpha value is -4.08. The maximum atomic E-state index is 13.1. The number of ether oxygens (including phenoxy) is 1. The molecule has 1 aliphatic heterocycles. The molecule has 1 fully saturated rings. The highest BCUT2D eigenvalue weighted by Crippen LogP contribution is 2.31. The quantitative estimate of drug-likeness (QED) is 0.457. The number of anilines is 1. The Labute approximate surface area is 193 Å². The number of carbonyl (C=O) groups excluding carboxylic acids is 2. The van der Waals surface area contributed by atoms with E-state index in [4.69, 9.17) is 10.5 Å². The molecule has 4 N–H and O–H groups in total. The number of likely N-dealkylation sites (N-methyl/N-ethyl adjacent to an activating group) is 1. The average molecular weight is 467 g/mol. The molecule has 1 aromatic carbocycles. The molecule has 34 heavy (non-hydrogen) atoms. The number of nitrogen functional groups attached to an aromatic ring is 1. The highest BCUT2D eigenvalue weighted by atomic mass is 19.1. The summed E-state index contributed by atoms with van der Waals surface area (Å²) >= 11 is 0. The summed E-state index contributed by atoms with van der Waals surface area (Å²) in [4.78, 5) is 38.4. The molecule has 176 valence electrons. The number of hydrogen-bond donors (Lipinski definition) is 3. The number of imidazole rings is 1. The molecule has 4 rings (SSSR count). The number of hydrogen-bond acceptors (Lipinski definition) is 8. The Morgan fingerprint density at radius 2 is 2.09 bits per heavy atom. The molecule has 2 unspecified atom stereocenters. The van der Waals surface area contributed by atoms with Crippen molar-refractivity contribution in [1.29, 1.82) is 0 Å². The van der Waals surface area contributed by atoms with Gasteiger partial charge in [0.2, 0.25) is 11.7 Å². The Balaban J connectivity index is 1.54. The molecule has 0 bridgehead atoms. The zero-order chi connectivity index (χ0) is 24.4. The molecule has 3 aromatic rings. The van der Waals surface area contributed by atoms with Gasteiger partial charge in [0.25, 0.3) is 5.91 Å². The number of nitrogens with two attached hydrogens (primary N) is 1. The predicted octanol–water partition coefficient (Wildman–Crippen LogP) is 0.0657. The Morgan fingerprint density at radius 1 is 1.35 bits per heavy atom. The molecule has 0 radical (unpaired) electrons. The van der Waals surface area contributed by atoms with Gasteiger partial charge < -0.3 is 25.8 Å². The van der Waals surface area contributed by atoms with Gasteiger partial charge in [0.1, 0.15) is 23.5 Å². The molecule has 1 saturated heterocycles. The van der Waals surface area contributed by atoms with Gasteiger partial charge in [0.15, 0.2) is 17.7 Å². The zero-order valence-electron chi connectivity index (χ0n) is 18.4. The molecule has 1 aliphatic rings. The summed E-state index contributed by atoms with van der Waals surface area (Å²) in [5.74, 6) is 4.66. The minimum Gasteiger partial charge on any atom is -0.388 e. The van der Waals surface area contributed by atoms with E-state index in [0.29, 0.717) is 11.1 Å². The van der Waals surface area contributed by atoms with E-state index in [1.54, 1.807) is 7.05 Å². The van der Waals surface area contributed by atoms with Crippen molar-refractivity contribution in [3.63, 3.8) is 0 Å². The van der Waals surface area contributed by atoms with Crippen molar-refractivity contribution in [2.24, 2.45) is 0 Å². The highest BCUT2D eigenvalue weighted by Gasteiger charge is 2.39. The van der Waals surface area contributed by atoms with Gasteiger partial charge in [0.05, 0.1) is 12.9 Å². The second kappa shape index (κ2) is 9.42. The van der Waals surface area contributed by atoms with E-state index in [-0.39, 0.29) is 42.1 Å². The maximum Gasteiger partial charge on any atom is 0.254 e. The fourth-order valence-corrected chi connectivity index (χ4v) is 3.53. The number of aromatic nitrogens is 4. The van der Waals surface area contributed by atoms with Gasteiger partial charge >= 0.3 is 0 Å². The van der Waals surface area contributed by atoms with E-state index < -0.39 is 24.3 Å². The van der Waals surface area contributed by atoms with Gasteiger partial charge in [-0.1, -0.05) is 5.92 Å². The monoisotopic (exact) mass is 467 g/mol. The molecule has 0 aliphatic carbocycles. The number of carbonyl (C=O) groups is 2. The van der Waals surface area contributed by atoms with Crippen molar-refractivity contribution in [2.45, 2.75) is 24.9 Å². The molecular formula is C22H22FN7O4. The number of nitrogens with zero attached hydrogens (tertiary/aromatic N) is 5. The third-order valence-electron chi connectivity index (χ3n) is 5.30. The standard InChI is InChI=1S/C22H22FN7O4/c1-25-20(32)15-10-14(31)22(34-15)30-11-26-17-18(24)27-16(28-19(17)30)4-3-9-29(2)21(33)12-5-7-13(23)8-6-12/h5-8,11,14-15,22,31H,9-10H2,1-2H3,(H,25,32)(H2,24,27,28)/t14?,15-,22?/m0/s1. The zero-order valence-corrected chi connectivity index (χ0v) is 18.4. The van der Waals surface area contributed by atoms with Crippen molar-refractivity contribution < 1.29 is 23.8 Å². The summed E-state index contributed by atoms with van der Waals surface area (Å²) < 4.78 is 20.2. The van der Waals surface area contributed by atoms with Crippen molar-refractivity contribution in [3.8, 4) is 11.8 Å². The van der Waals surface area contributed by atoms with Crippen LogP contribution in [0.4, 0.5) is 10.2 Å². The van der Waals surface area contributed by atoms with Crippen LogP contribution in [0.2, 0.25) is 0 Å². The van der Waals surface area contributed by atoms with Crippen LogP contribution in [0.5, 0.6) is 0 Å². The molecule has 2 amide bonds. The van der Waals surface area contributed by atoms with Crippen LogP contribution in [-0.2, 0) is 9.53 Å². The largest absolute Gasteiger partial charge is 0.388 e. The Bertz CT molecular complexity index is 1300. The normalized spacial score (nSPS) is 19.5. The Morgan fingerprint density at radius 3 is 2.79 bits per heavy atom. The smallest absolute Gasteiger partial charge is 0.254 e. The van der Waals surface area contributed by atoms with Crippen LogP contribution in [0, 0.1) is 17.7 Å². The van der Waals surface area contributed by atoms with Gasteiger partial charge in [-0.05, 0) is 30.2 Å². The van der Waals surface area contributed by atoms with E-state index in [2.05, 4.69) is 32.1 Å². The number of amides is 2. The van der Waals surface area contributed by atoms with Gasteiger partial charge in [0, 0.05) is 26.1 Å². The number of aliphatic hydroxyl groups is 1. The number of halogens is 1. The first-order valence-corrected chi connectivity index (χ1v) is 10.3. The van der Waals surface area contributed by atoms with Crippen LogP contribution in [0.1, 0.15) is 28.8 Å². The molecule has 3 heterocycles. The lowest BCUT2D eigenvalue weighted by molar-refractivity contribution is -0.134. The molecule has 2 aromatic heterocycles. The van der Waals surface area contributed by atoms with Gasteiger partial charge in [-0.3, -0.25) is 14.2 Å². The summed E-state index contributed by atoms with van der Waals surface area (Å²) in [5.41, 5.74) is 6.93. The van der Waals surface area contributed by atoms with Crippen molar-refractivity contribution in [2.75, 3.05) is 26.4 Å². The number of rotatable bonds is 4. The van der Waals surface area contributed by atoms with Gasteiger partial charge in [-0.15, -0.1) is 0 Å². The van der Waals surface area contributed by atoms with E-state index in [0.717, 1.165) is 0 Å². The molecular weight excluding hydrogens is 445 g/mol. The summed E-state index contributed by atoms with van der Waals surface area (Å²) in [6, 6.07) is 5.22. The third-order valence-corrected chi connectivity index (χ3v) is 5.30. The van der Waals surface area contributed by atoms with Crippen molar-refractivity contribution in [1.82, 2.24) is 29.7 Å². The SMILES string of the molecule is CNC(=O)[C@@H]1CC(O)C(n2cnc3c(N)nc(C#CCN(C)C(=O)c4ccc(F)cc4)nc32)O1. The lowest BCUT2D eigenvalue weighted by atomic mass is 10.2. The minimum absolute atomic E-state index is 0.0645. The second-order valence-corrected chi connectivity index (χ2v) is 7.66. The van der Waals surface area contributed by atoms with Gasteiger partial charge in [-0.2, -0.15) is 0 Å². The highest BCUT2D eigenvalue weighted by molar-refractivity contribution is 5.94. The van der Waals surface area contributed by atoms with Crippen LogP contribution in [0.3, 0.4) is 0 Å². The molecule has 12 heteroatoms. The average Bonchev–Trinajstić information content (AvgIpc) is 3.42. The second-order valence-electron chi connectivity index (χ2n) is 7.66. The van der Waals surface area contributed by atoms with Crippen LogP contribution in [-0.4, -0.2) is 74.2 Å². The lowest BCUT2D eigenvalue weighted by Crippen LogP contribution is -2.31. The summed E-state index contributed by atoms with van der Waals surface area (Å²) in [5, 5.41) is 12.9. The minimum atomic E-state index is -0.962. The Kier molecular flexibility index (Phi) is 6.40. The summed E-state index contributed by atoms with van der Waals surface area (Å²) in [6.45, 7) is 0.0645. The number of fused-ring (bicyclic) bond motifs is 1. The molecule has 11 nitrogen and oxygen atoms in total. The van der Waals surface area contributed by atoms with E-state index in [9.17, 15) is 19.1 Å². The van der Waals surface area contributed by atoms with Crippen molar-refractivity contribution in [3.05, 3.63) is 47.8 Å². The first-order valence-electron chi connectivity index (χ1n) is 10.3. The number of aliphatic hydroxyl groups excluding tert-OH is 1. The number of benzene rings is 1. The summed E-state index contributed by atoms with van der Waals surface area (Å²) in [7, 11) is 3.05. The van der Waals surface area contributed by atoms with E-state index in [1.807, 2.05) is 0 Å². The lowest BCUT2D eigenvalue weighted by Gasteiger charge is -2.16. The first kappa shape index (κ1) is 23.1. The topological polar surface area (TPSA) is 148 Å². The summed E-state index contributed by atoms with van der Waals surface area (Å²) in [6.07, 6.45) is -1.14. The first-order chi connectivity index (χ1) is 16.3. The van der Waals surface area contributed by atoms with Crippen LogP contribution < -0.4 is 11.1 Å². The van der Waals surface area contributed by atoms with Gasteiger partial charge in [-0.25, -0.2) is 19.3 Å². The molecule has 0 spiro atoms. The fraction of sp³-hybridized carbons (Fsp3) is 0.318. The van der Waals surface area contributed by atoms with E-state index >= 15 is 0 Å². The predicted molar refractivity (Wildman–Crippen MR) is 119 cm³/mol. The maximum absolute atomic E-state index is 13.1.